The van der Waals surface area contributed by atoms with E-state index in [0.717, 1.165) is 0 Å². The molecule has 0 spiro atoms. The van der Waals surface area contributed by atoms with Crippen LogP contribution in [-0.2, 0) is 19.2 Å². The Morgan fingerprint density at radius 1 is 1.44 bits per heavy atom. The van der Waals surface area contributed by atoms with Crippen molar-refractivity contribution in [2.75, 3.05) is 6.61 Å². The van der Waals surface area contributed by atoms with Gasteiger partial charge in [0, 0.05) is 10.6 Å². The smallest absolute Gasteiger partial charge is 0.342 e. The zero-order valence-electron chi connectivity index (χ0n) is 10.2. The molecule has 18 heavy (non-hydrogen) atoms. The molecular formula is C12H15ClO4P+. The van der Waals surface area contributed by atoms with Gasteiger partial charge in [-0.2, -0.15) is 0 Å². The third-order valence-electron chi connectivity index (χ3n) is 2.35. The average Bonchev–Trinajstić information content (AvgIpc) is 2.29. The predicted octanol–water partition coefficient (Wildman–Crippen LogP) is 3.24. The lowest BCUT2D eigenvalue weighted by Crippen LogP contribution is -2.25. The van der Waals surface area contributed by atoms with Crippen LogP contribution in [0.5, 0.6) is 0 Å². The predicted molar refractivity (Wildman–Crippen MR) is 69.9 cm³/mol. The van der Waals surface area contributed by atoms with Crippen molar-refractivity contribution in [3.63, 3.8) is 0 Å². The number of hydrogen-bond acceptors (Lipinski definition) is 4. The van der Waals surface area contributed by atoms with Crippen molar-refractivity contribution in [3.8, 4) is 0 Å². The number of carbonyl (C=O) groups is 1. The summed E-state index contributed by atoms with van der Waals surface area (Å²) in [4.78, 5) is 11.2. The van der Waals surface area contributed by atoms with Crippen LogP contribution in [0, 0.1) is 0 Å². The molecule has 0 aliphatic heterocycles. The monoisotopic (exact) mass is 289 g/mol. The molecule has 1 unspecified atom stereocenters. The molecule has 98 valence electrons. The summed E-state index contributed by atoms with van der Waals surface area (Å²) in [5, 5.41) is 9.16. The fourth-order valence-electron chi connectivity index (χ4n) is 1.56. The van der Waals surface area contributed by atoms with Crippen molar-refractivity contribution in [3.05, 3.63) is 34.9 Å². The van der Waals surface area contributed by atoms with Crippen LogP contribution < -0.4 is 0 Å². The quantitative estimate of drug-likeness (QED) is 0.817. The Hall–Kier alpha value is -0.800. The molecule has 0 saturated carbocycles. The Morgan fingerprint density at radius 2 is 2.00 bits per heavy atom. The molecular weight excluding hydrogens is 275 g/mol. The molecule has 0 amide bonds. The second-order valence-electron chi connectivity index (χ2n) is 3.88. The van der Waals surface area contributed by atoms with Gasteiger partial charge in [0.15, 0.2) is 0 Å². The van der Waals surface area contributed by atoms with E-state index in [1.807, 2.05) is 0 Å². The van der Waals surface area contributed by atoms with Gasteiger partial charge in [0.25, 0.3) is 0 Å². The summed E-state index contributed by atoms with van der Waals surface area (Å²) in [7, 11) is -2.40. The van der Waals surface area contributed by atoms with Gasteiger partial charge in [-0.1, -0.05) is 23.7 Å². The minimum Gasteiger partial charge on any atom is -0.342 e. The Kier molecular flexibility index (Phi) is 5.42. The summed E-state index contributed by atoms with van der Waals surface area (Å²) in [6, 6.07) is 6.21. The first-order chi connectivity index (χ1) is 8.40. The SMILES string of the molecule is CCO[P+](=O)[C@](O)(CC(C)=O)c1ccc(Cl)cc1. The maximum atomic E-state index is 12.0. The molecule has 0 fully saturated rings. The van der Waals surface area contributed by atoms with Crippen LogP contribution in [-0.4, -0.2) is 17.5 Å². The normalized spacial score (nSPS) is 15.0. The van der Waals surface area contributed by atoms with Crippen molar-refractivity contribution in [2.45, 2.75) is 25.6 Å². The Bertz CT molecular complexity index is 446. The Morgan fingerprint density at radius 3 is 2.44 bits per heavy atom. The van der Waals surface area contributed by atoms with Crippen molar-refractivity contribution in [1.82, 2.24) is 0 Å². The maximum Gasteiger partial charge on any atom is 0.549 e. The average molecular weight is 290 g/mol. The second-order valence-corrected chi connectivity index (χ2v) is 5.83. The van der Waals surface area contributed by atoms with Gasteiger partial charge in [-0.3, -0.25) is 4.79 Å². The molecule has 0 saturated heterocycles. The number of Topliss-reactive ketones (excluding diaryl/α,β-unsaturated/α-hetero) is 1. The molecule has 0 aromatic heterocycles. The molecule has 0 heterocycles. The van der Waals surface area contributed by atoms with Crippen LogP contribution in [0.1, 0.15) is 25.8 Å². The summed E-state index contributed by atoms with van der Waals surface area (Å²) in [6.07, 6.45) is -0.260. The number of ketones is 1. The minimum absolute atomic E-state index is 0.197. The minimum atomic E-state index is -2.40. The van der Waals surface area contributed by atoms with E-state index in [0.29, 0.717) is 10.6 Å². The number of aliphatic hydroxyl groups is 1. The van der Waals surface area contributed by atoms with E-state index >= 15 is 0 Å². The van der Waals surface area contributed by atoms with E-state index in [1.54, 1.807) is 19.1 Å². The van der Waals surface area contributed by atoms with Crippen LogP contribution in [0.25, 0.3) is 0 Å². The summed E-state index contributed by atoms with van der Waals surface area (Å²) in [5.41, 5.74) is 0.358. The number of rotatable bonds is 6. The van der Waals surface area contributed by atoms with E-state index in [1.165, 1.54) is 19.1 Å². The zero-order valence-corrected chi connectivity index (χ0v) is 11.9. The lowest BCUT2D eigenvalue weighted by molar-refractivity contribution is -0.120. The number of hydrogen-bond donors (Lipinski definition) is 1. The highest BCUT2D eigenvalue weighted by molar-refractivity contribution is 7.40. The molecule has 0 aliphatic carbocycles. The molecule has 1 N–H and O–H groups in total. The summed E-state index contributed by atoms with van der Waals surface area (Å²) < 4.78 is 16.9. The van der Waals surface area contributed by atoms with Crippen molar-refractivity contribution < 1.29 is 19.0 Å². The van der Waals surface area contributed by atoms with Crippen molar-refractivity contribution >= 4 is 25.4 Å². The molecule has 0 aliphatic rings. The van der Waals surface area contributed by atoms with Gasteiger partial charge < -0.3 is 5.11 Å². The number of carbonyl (C=O) groups excluding carboxylic acids is 1. The first kappa shape index (κ1) is 15.3. The van der Waals surface area contributed by atoms with E-state index in [4.69, 9.17) is 16.1 Å². The molecule has 0 radical (unpaired) electrons. The number of benzene rings is 1. The largest absolute Gasteiger partial charge is 0.549 e. The molecule has 1 aromatic carbocycles. The van der Waals surface area contributed by atoms with Crippen molar-refractivity contribution in [2.24, 2.45) is 0 Å². The first-order valence-electron chi connectivity index (χ1n) is 5.48. The van der Waals surface area contributed by atoms with Gasteiger partial charge in [-0.15, -0.1) is 4.52 Å². The van der Waals surface area contributed by atoms with Crippen LogP contribution in [0.2, 0.25) is 5.02 Å². The summed E-state index contributed by atoms with van der Waals surface area (Å²) in [5.74, 6) is -0.268. The van der Waals surface area contributed by atoms with Gasteiger partial charge in [-0.05, 0) is 30.5 Å². The van der Waals surface area contributed by atoms with Crippen molar-refractivity contribution in [1.29, 1.82) is 0 Å². The van der Waals surface area contributed by atoms with E-state index in [9.17, 15) is 14.5 Å². The van der Waals surface area contributed by atoms with Crippen LogP contribution in [0.3, 0.4) is 0 Å². The highest BCUT2D eigenvalue weighted by atomic mass is 35.5. The third kappa shape index (κ3) is 3.59. The number of halogens is 1. The van der Waals surface area contributed by atoms with Gasteiger partial charge in [0.2, 0.25) is 0 Å². The van der Waals surface area contributed by atoms with E-state index in [2.05, 4.69) is 0 Å². The topological polar surface area (TPSA) is 63.6 Å². The van der Waals surface area contributed by atoms with E-state index in [-0.39, 0.29) is 18.8 Å². The third-order valence-corrected chi connectivity index (χ3v) is 4.12. The van der Waals surface area contributed by atoms with Gasteiger partial charge in [-0.25, -0.2) is 0 Å². The van der Waals surface area contributed by atoms with Crippen LogP contribution in [0.15, 0.2) is 24.3 Å². The Balaban J connectivity index is 3.14. The zero-order chi connectivity index (χ0) is 13.8. The second kappa shape index (κ2) is 6.39. The highest BCUT2D eigenvalue weighted by Gasteiger charge is 2.52. The maximum absolute atomic E-state index is 12.0. The lowest BCUT2D eigenvalue weighted by Gasteiger charge is -2.15. The highest BCUT2D eigenvalue weighted by Crippen LogP contribution is 2.48. The summed E-state index contributed by atoms with van der Waals surface area (Å²) >= 11 is 5.76. The molecule has 6 heteroatoms. The summed E-state index contributed by atoms with van der Waals surface area (Å²) in [6.45, 7) is 3.20. The lowest BCUT2D eigenvalue weighted by atomic mass is 10.0. The van der Waals surface area contributed by atoms with Crippen LogP contribution >= 0.6 is 19.6 Å². The molecule has 4 nitrogen and oxygen atoms in total. The van der Waals surface area contributed by atoms with Crippen LogP contribution in [0.4, 0.5) is 0 Å². The Labute approximate surface area is 112 Å². The molecule has 2 atom stereocenters. The van der Waals surface area contributed by atoms with Gasteiger partial charge >= 0.3 is 13.4 Å². The fraction of sp³-hybridized carbons (Fsp3) is 0.417. The molecule has 0 bridgehead atoms. The standard InChI is InChI=1S/C12H15ClO4P/c1-3-17-18(16)12(15,8-9(2)14)10-4-6-11(13)7-5-10/h4-7,15H,3,8H2,1-2H3/q+1/t12-/m1/s1. The fourth-order valence-corrected chi connectivity index (χ4v) is 2.85. The molecule has 1 aromatic rings. The molecule has 1 rings (SSSR count). The first-order valence-corrected chi connectivity index (χ1v) is 7.04. The van der Waals surface area contributed by atoms with Gasteiger partial charge in [0.05, 0.1) is 13.0 Å². The van der Waals surface area contributed by atoms with E-state index < -0.39 is 13.4 Å². The van der Waals surface area contributed by atoms with Gasteiger partial charge in [0.1, 0.15) is 5.78 Å².